The molecule has 0 heterocycles. The van der Waals surface area contributed by atoms with Crippen molar-refractivity contribution in [3.63, 3.8) is 0 Å². The van der Waals surface area contributed by atoms with Crippen molar-refractivity contribution in [1.29, 1.82) is 0 Å². The fourth-order valence-electron chi connectivity index (χ4n) is 2.78. The summed E-state index contributed by atoms with van der Waals surface area (Å²) < 4.78 is 31.3. The number of halogens is 1. The van der Waals surface area contributed by atoms with Gasteiger partial charge in [0.25, 0.3) is 0 Å². The molecule has 0 bridgehead atoms. The highest BCUT2D eigenvalue weighted by Gasteiger charge is 2.31. The van der Waals surface area contributed by atoms with E-state index in [2.05, 4.69) is 5.32 Å². The Bertz CT molecular complexity index is 914. The van der Waals surface area contributed by atoms with Crippen LogP contribution in [0.3, 0.4) is 0 Å². The SMILES string of the molecule is CC[C@@H](C(=O)Nc1cc(C)ccc1OC)N(c1ccc(Cl)cc1)S(C)(=O)=O. The quantitative estimate of drug-likeness (QED) is 0.752. The Hall–Kier alpha value is -2.25. The molecule has 1 atom stereocenters. The van der Waals surface area contributed by atoms with Gasteiger partial charge in [-0.3, -0.25) is 9.10 Å². The van der Waals surface area contributed by atoms with Gasteiger partial charge in [0.15, 0.2) is 0 Å². The van der Waals surface area contributed by atoms with E-state index in [1.54, 1.807) is 43.3 Å². The summed E-state index contributed by atoms with van der Waals surface area (Å²) in [5.41, 5.74) is 1.81. The lowest BCUT2D eigenvalue weighted by Gasteiger charge is -2.30. The van der Waals surface area contributed by atoms with Crippen molar-refractivity contribution in [3.05, 3.63) is 53.1 Å². The lowest BCUT2D eigenvalue weighted by molar-refractivity contribution is -0.117. The van der Waals surface area contributed by atoms with Crippen LogP contribution in [-0.2, 0) is 14.8 Å². The summed E-state index contributed by atoms with van der Waals surface area (Å²) in [5.74, 6) is 0.0583. The molecule has 2 rings (SSSR count). The van der Waals surface area contributed by atoms with E-state index in [4.69, 9.17) is 16.3 Å². The maximum absolute atomic E-state index is 13.0. The number of ether oxygens (including phenoxy) is 1. The molecule has 0 radical (unpaired) electrons. The Morgan fingerprint density at radius 2 is 1.85 bits per heavy atom. The lowest BCUT2D eigenvalue weighted by atomic mass is 10.1. The number of nitrogens with zero attached hydrogens (tertiary/aromatic N) is 1. The first-order chi connectivity index (χ1) is 12.7. The second-order valence-corrected chi connectivity index (χ2v) is 8.45. The number of carbonyl (C=O) groups is 1. The monoisotopic (exact) mass is 410 g/mol. The molecule has 0 saturated carbocycles. The average Bonchev–Trinajstić information content (AvgIpc) is 2.59. The standard InChI is InChI=1S/C19H23ClN2O4S/c1-5-17(19(23)21-16-12-13(2)6-11-18(16)26-3)22(27(4,24)25)15-9-7-14(20)8-10-15/h6-12,17H,5H2,1-4H3,(H,21,23)/t17-/m0/s1. The molecule has 0 saturated heterocycles. The van der Waals surface area contributed by atoms with Gasteiger partial charge in [-0.2, -0.15) is 0 Å². The summed E-state index contributed by atoms with van der Waals surface area (Å²) in [6.45, 7) is 3.65. The summed E-state index contributed by atoms with van der Waals surface area (Å²) >= 11 is 5.90. The number of rotatable bonds is 7. The molecule has 2 aromatic carbocycles. The van der Waals surface area contributed by atoms with Gasteiger partial charge in [0.05, 0.1) is 24.7 Å². The number of carbonyl (C=O) groups excluding carboxylic acids is 1. The van der Waals surface area contributed by atoms with E-state index in [1.165, 1.54) is 7.11 Å². The maximum Gasteiger partial charge on any atom is 0.248 e. The van der Waals surface area contributed by atoms with E-state index in [0.29, 0.717) is 22.1 Å². The van der Waals surface area contributed by atoms with Gasteiger partial charge in [0.1, 0.15) is 11.8 Å². The summed E-state index contributed by atoms with van der Waals surface area (Å²) in [6.07, 6.45) is 1.36. The molecule has 8 heteroatoms. The Morgan fingerprint density at radius 1 is 1.22 bits per heavy atom. The van der Waals surface area contributed by atoms with Gasteiger partial charge in [-0.1, -0.05) is 24.6 Å². The van der Waals surface area contributed by atoms with Crippen molar-refractivity contribution in [2.45, 2.75) is 26.3 Å². The molecule has 6 nitrogen and oxygen atoms in total. The molecule has 0 spiro atoms. The second kappa shape index (κ2) is 8.63. The molecule has 1 amide bonds. The minimum atomic E-state index is -3.71. The number of methoxy groups -OCH3 is 1. The largest absolute Gasteiger partial charge is 0.495 e. The number of aryl methyl sites for hydroxylation is 1. The average molecular weight is 411 g/mol. The van der Waals surface area contributed by atoms with Crippen LogP contribution >= 0.6 is 11.6 Å². The number of nitrogens with one attached hydrogen (secondary N) is 1. The third-order valence-corrected chi connectivity index (χ3v) is 5.46. The molecule has 27 heavy (non-hydrogen) atoms. The van der Waals surface area contributed by atoms with Gasteiger partial charge in [-0.05, 0) is 55.3 Å². The van der Waals surface area contributed by atoms with Crippen LogP contribution in [0.4, 0.5) is 11.4 Å². The summed E-state index contributed by atoms with van der Waals surface area (Å²) in [5, 5.41) is 3.27. The van der Waals surface area contributed by atoms with E-state index >= 15 is 0 Å². The van der Waals surface area contributed by atoms with Crippen LogP contribution in [0.1, 0.15) is 18.9 Å². The fraction of sp³-hybridized carbons (Fsp3) is 0.316. The molecule has 0 aliphatic carbocycles. The predicted octanol–water partition coefficient (Wildman–Crippen LogP) is 3.84. The number of sulfonamides is 1. The highest BCUT2D eigenvalue weighted by atomic mass is 35.5. The molecule has 0 aliphatic rings. The lowest BCUT2D eigenvalue weighted by Crippen LogP contribution is -2.47. The van der Waals surface area contributed by atoms with Gasteiger partial charge in [-0.15, -0.1) is 0 Å². The zero-order chi connectivity index (χ0) is 20.2. The van der Waals surface area contributed by atoms with E-state index in [9.17, 15) is 13.2 Å². The molecule has 0 aromatic heterocycles. The van der Waals surface area contributed by atoms with Crippen LogP contribution in [0.2, 0.25) is 5.02 Å². The zero-order valence-electron chi connectivity index (χ0n) is 15.7. The van der Waals surface area contributed by atoms with E-state index in [-0.39, 0.29) is 6.42 Å². The summed E-state index contributed by atoms with van der Waals surface area (Å²) in [7, 11) is -2.20. The van der Waals surface area contributed by atoms with Crippen molar-refractivity contribution in [3.8, 4) is 5.75 Å². The molecular formula is C19H23ClN2O4S. The van der Waals surface area contributed by atoms with Gasteiger partial charge < -0.3 is 10.1 Å². The highest BCUT2D eigenvalue weighted by molar-refractivity contribution is 7.92. The van der Waals surface area contributed by atoms with Crippen LogP contribution in [0, 0.1) is 6.92 Å². The summed E-state index contributed by atoms with van der Waals surface area (Å²) in [4.78, 5) is 13.0. The normalized spacial score (nSPS) is 12.3. The number of amides is 1. The van der Waals surface area contributed by atoms with Crippen molar-refractivity contribution in [1.82, 2.24) is 0 Å². The first-order valence-electron chi connectivity index (χ1n) is 8.37. The molecule has 146 valence electrons. The van der Waals surface area contributed by atoms with Gasteiger partial charge >= 0.3 is 0 Å². The zero-order valence-corrected chi connectivity index (χ0v) is 17.3. The van der Waals surface area contributed by atoms with E-state index in [1.807, 2.05) is 13.0 Å². The molecular weight excluding hydrogens is 388 g/mol. The van der Waals surface area contributed by atoms with E-state index < -0.39 is 22.0 Å². The minimum absolute atomic E-state index is 0.287. The number of hydrogen-bond acceptors (Lipinski definition) is 4. The molecule has 0 aliphatic heterocycles. The van der Waals surface area contributed by atoms with Gasteiger partial charge in [0, 0.05) is 5.02 Å². The molecule has 2 aromatic rings. The predicted molar refractivity (Wildman–Crippen MR) is 109 cm³/mol. The molecule has 0 fully saturated rings. The highest BCUT2D eigenvalue weighted by Crippen LogP contribution is 2.28. The first kappa shape index (κ1) is 21.1. The Labute approximate surface area is 165 Å². The third-order valence-electron chi connectivity index (χ3n) is 4.02. The number of hydrogen-bond donors (Lipinski definition) is 1. The number of benzene rings is 2. The van der Waals surface area contributed by atoms with Crippen molar-refractivity contribution >= 4 is 38.9 Å². The Balaban J connectivity index is 2.41. The molecule has 1 N–H and O–H groups in total. The van der Waals surface area contributed by atoms with E-state index in [0.717, 1.165) is 16.1 Å². The minimum Gasteiger partial charge on any atom is -0.495 e. The smallest absolute Gasteiger partial charge is 0.248 e. The third kappa shape index (κ3) is 5.14. The first-order valence-corrected chi connectivity index (χ1v) is 10.6. The van der Waals surface area contributed by atoms with Crippen LogP contribution in [0.15, 0.2) is 42.5 Å². The van der Waals surface area contributed by atoms with Gasteiger partial charge in [-0.25, -0.2) is 8.42 Å². The number of anilines is 2. The van der Waals surface area contributed by atoms with Gasteiger partial charge in [0.2, 0.25) is 15.9 Å². The van der Waals surface area contributed by atoms with Crippen LogP contribution in [-0.4, -0.2) is 33.7 Å². The Kier molecular flexibility index (Phi) is 6.73. The van der Waals surface area contributed by atoms with Crippen molar-refractivity contribution in [2.24, 2.45) is 0 Å². The summed E-state index contributed by atoms with van der Waals surface area (Å²) in [6, 6.07) is 10.8. The fourth-order valence-corrected chi connectivity index (χ4v) is 4.12. The second-order valence-electron chi connectivity index (χ2n) is 6.15. The van der Waals surface area contributed by atoms with Crippen LogP contribution in [0.25, 0.3) is 0 Å². The van der Waals surface area contributed by atoms with Crippen molar-refractivity contribution < 1.29 is 17.9 Å². The van der Waals surface area contributed by atoms with Crippen molar-refractivity contribution in [2.75, 3.05) is 23.0 Å². The Morgan fingerprint density at radius 3 is 2.37 bits per heavy atom. The van der Waals surface area contributed by atoms with Crippen LogP contribution in [0.5, 0.6) is 5.75 Å². The molecule has 0 unspecified atom stereocenters. The topological polar surface area (TPSA) is 75.7 Å². The van der Waals surface area contributed by atoms with Crippen LogP contribution < -0.4 is 14.4 Å². The maximum atomic E-state index is 13.0.